The van der Waals surface area contributed by atoms with Crippen molar-refractivity contribution in [3.63, 3.8) is 0 Å². The zero-order valence-corrected chi connectivity index (χ0v) is 19.9. The number of aryl methyl sites for hydroxylation is 1. The molecule has 33 heavy (non-hydrogen) atoms. The lowest BCUT2D eigenvalue weighted by atomic mass is 10.2. The highest BCUT2D eigenvalue weighted by Crippen LogP contribution is 2.30. The quantitative estimate of drug-likeness (QED) is 0.301. The molecule has 2 heterocycles. The van der Waals surface area contributed by atoms with E-state index in [0.29, 0.717) is 38.3 Å². The van der Waals surface area contributed by atoms with Crippen molar-refractivity contribution in [3.05, 3.63) is 81.5 Å². The summed E-state index contributed by atoms with van der Waals surface area (Å²) in [6, 6.07) is 14.1. The van der Waals surface area contributed by atoms with Crippen LogP contribution in [0.25, 0.3) is 16.6 Å². The Morgan fingerprint density at radius 1 is 1.27 bits per heavy atom. The minimum Gasteiger partial charge on any atom is -0.495 e. The fourth-order valence-corrected chi connectivity index (χ4v) is 4.46. The molecule has 1 unspecified atom stereocenters. The van der Waals surface area contributed by atoms with E-state index in [9.17, 15) is 9.59 Å². The van der Waals surface area contributed by atoms with E-state index in [1.54, 1.807) is 56.7 Å². The number of benzene rings is 2. The highest BCUT2D eigenvalue weighted by molar-refractivity contribution is 8.00. The summed E-state index contributed by atoms with van der Waals surface area (Å²) in [5, 5.41) is 3.56. The molecule has 0 radical (unpaired) electrons. The molecule has 0 aliphatic rings. The molecule has 9 heteroatoms. The molecule has 4 aromatic rings. The molecule has 0 aliphatic carbocycles. The zero-order valence-electron chi connectivity index (χ0n) is 18.3. The number of carbonyl (C=O) groups is 1. The van der Waals surface area contributed by atoms with Crippen LogP contribution in [0.4, 0.5) is 0 Å². The Morgan fingerprint density at radius 3 is 2.82 bits per heavy atom. The maximum Gasteiger partial charge on any atom is 0.266 e. The van der Waals surface area contributed by atoms with Crippen LogP contribution in [0.5, 0.6) is 5.75 Å². The Bertz CT molecular complexity index is 1370. The van der Waals surface area contributed by atoms with Gasteiger partial charge in [0.25, 0.3) is 5.56 Å². The summed E-state index contributed by atoms with van der Waals surface area (Å²) in [4.78, 5) is 31.0. The third kappa shape index (κ3) is 4.91. The number of rotatable bonds is 7. The highest BCUT2D eigenvalue weighted by Gasteiger charge is 2.22. The van der Waals surface area contributed by atoms with Crippen molar-refractivity contribution in [2.24, 2.45) is 0 Å². The number of hydrogen-bond acceptors (Lipinski definition) is 6. The minimum absolute atomic E-state index is 0.209. The summed E-state index contributed by atoms with van der Waals surface area (Å²) >= 11 is 7.33. The highest BCUT2D eigenvalue weighted by atomic mass is 35.5. The Kier molecular flexibility index (Phi) is 6.76. The lowest BCUT2D eigenvalue weighted by molar-refractivity contribution is -0.120. The second kappa shape index (κ2) is 9.72. The summed E-state index contributed by atoms with van der Waals surface area (Å²) in [7, 11) is 1.55. The lowest BCUT2D eigenvalue weighted by Gasteiger charge is -2.18. The lowest BCUT2D eigenvalue weighted by Crippen LogP contribution is -2.31. The van der Waals surface area contributed by atoms with Gasteiger partial charge in [-0.2, -0.15) is 0 Å². The number of nitrogens with zero attached hydrogens (tertiary/aromatic N) is 2. The van der Waals surface area contributed by atoms with E-state index in [0.717, 1.165) is 5.56 Å². The summed E-state index contributed by atoms with van der Waals surface area (Å²) in [5.74, 6) is 0.967. The molecular formula is C24H22ClN3O4S. The maximum absolute atomic E-state index is 13.6. The average molecular weight is 484 g/mol. The van der Waals surface area contributed by atoms with Gasteiger partial charge in [0, 0.05) is 5.02 Å². The molecule has 4 rings (SSSR count). The van der Waals surface area contributed by atoms with Crippen LogP contribution in [-0.2, 0) is 11.3 Å². The summed E-state index contributed by atoms with van der Waals surface area (Å²) in [6.45, 7) is 3.96. The van der Waals surface area contributed by atoms with Gasteiger partial charge in [0.15, 0.2) is 5.16 Å². The number of nitrogens with one attached hydrogen (secondary N) is 1. The number of furan rings is 1. The van der Waals surface area contributed by atoms with Crippen LogP contribution < -0.4 is 15.6 Å². The van der Waals surface area contributed by atoms with Crippen molar-refractivity contribution < 1.29 is 13.9 Å². The second-order valence-electron chi connectivity index (χ2n) is 7.43. The molecule has 0 bridgehead atoms. The van der Waals surface area contributed by atoms with Crippen LogP contribution >= 0.6 is 23.4 Å². The van der Waals surface area contributed by atoms with E-state index in [1.165, 1.54) is 16.3 Å². The molecule has 1 amide bonds. The van der Waals surface area contributed by atoms with Crippen LogP contribution in [0.15, 0.2) is 69.2 Å². The van der Waals surface area contributed by atoms with E-state index in [4.69, 9.17) is 25.7 Å². The standard InChI is InChI=1S/C24H22ClN3O4S/c1-14-6-9-21(31-3)20(11-14)28-23(30)18-8-7-16(25)12-19(18)27-24(28)33-15(2)22(29)26-13-17-5-4-10-32-17/h4-12,15H,13H2,1-3H3,(H,26,29). The molecule has 0 spiro atoms. The number of methoxy groups -OCH3 is 1. The number of thioether (sulfide) groups is 1. The van der Waals surface area contributed by atoms with Gasteiger partial charge in [0.2, 0.25) is 5.91 Å². The molecule has 7 nitrogen and oxygen atoms in total. The van der Waals surface area contributed by atoms with Crippen LogP contribution in [-0.4, -0.2) is 27.8 Å². The predicted molar refractivity (Wildman–Crippen MR) is 130 cm³/mol. The first-order chi connectivity index (χ1) is 15.9. The zero-order chi connectivity index (χ0) is 23.5. The normalized spacial score (nSPS) is 12.0. The average Bonchev–Trinajstić information content (AvgIpc) is 3.31. The van der Waals surface area contributed by atoms with Crippen molar-refractivity contribution in [1.29, 1.82) is 0 Å². The predicted octanol–water partition coefficient (Wildman–Crippen LogP) is 4.75. The Balaban J connectivity index is 1.77. The van der Waals surface area contributed by atoms with Gasteiger partial charge in [-0.25, -0.2) is 4.98 Å². The second-order valence-corrected chi connectivity index (χ2v) is 9.17. The molecule has 0 saturated carbocycles. The molecule has 1 atom stereocenters. The summed E-state index contributed by atoms with van der Waals surface area (Å²) in [6.07, 6.45) is 1.55. The van der Waals surface area contributed by atoms with Gasteiger partial charge < -0.3 is 14.5 Å². The molecular weight excluding hydrogens is 462 g/mol. The number of hydrogen-bond donors (Lipinski definition) is 1. The maximum atomic E-state index is 13.6. The minimum atomic E-state index is -0.537. The van der Waals surface area contributed by atoms with Gasteiger partial charge >= 0.3 is 0 Å². The summed E-state index contributed by atoms with van der Waals surface area (Å²) < 4.78 is 12.3. The van der Waals surface area contributed by atoms with E-state index in [-0.39, 0.29) is 18.0 Å². The van der Waals surface area contributed by atoms with Crippen LogP contribution in [0.1, 0.15) is 18.2 Å². The number of halogens is 1. The van der Waals surface area contributed by atoms with E-state index < -0.39 is 5.25 Å². The molecule has 2 aromatic heterocycles. The van der Waals surface area contributed by atoms with Crippen molar-refractivity contribution in [2.75, 3.05) is 7.11 Å². The summed E-state index contributed by atoms with van der Waals surface area (Å²) in [5.41, 5.74) is 1.69. The van der Waals surface area contributed by atoms with Gasteiger partial charge in [-0.05, 0) is 61.9 Å². The molecule has 2 aromatic carbocycles. The number of amides is 1. The van der Waals surface area contributed by atoms with E-state index >= 15 is 0 Å². The first kappa shape index (κ1) is 22.9. The largest absolute Gasteiger partial charge is 0.495 e. The third-order valence-corrected chi connectivity index (χ3v) is 6.33. The van der Waals surface area contributed by atoms with E-state index in [1.807, 2.05) is 19.1 Å². The smallest absolute Gasteiger partial charge is 0.266 e. The first-order valence-electron chi connectivity index (χ1n) is 10.2. The molecule has 0 aliphatic heterocycles. The van der Waals surface area contributed by atoms with Crippen molar-refractivity contribution in [2.45, 2.75) is 30.8 Å². The molecule has 170 valence electrons. The Morgan fingerprint density at radius 2 is 2.09 bits per heavy atom. The van der Waals surface area contributed by atoms with Crippen molar-refractivity contribution in [1.82, 2.24) is 14.9 Å². The third-order valence-electron chi connectivity index (χ3n) is 5.04. The number of fused-ring (bicyclic) bond motifs is 1. The van der Waals surface area contributed by atoms with Gasteiger partial charge in [-0.1, -0.05) is 29.4 Å². The molecule has 0 saturated heterocycles. The van der Waals surface area contributed by atoms with Crippen LogP contribution in [0.3, 0.4) is 0 Å². The molecule has 1 N–H and O–H groups in total. The Labute approximate surface area is 199 Å². The van der Waals surface area contributed by atoms with E-state index in [2.05, 4.69) is 5.32 Å². The monoisotopic (exact) mass is 483 g/mol. The van der Waals surface area contributed by atoms with Crippen LogP contribution in [0.2, 0.25) is 5.02 Å². The number of aromatic nitrogens is 2. The SMILES string of the molecule is COc1ccc(C)cc1-n1c(SC(C)C(=O)NCc2ccco2)nc2cc(Cl)ccc2c1=O. The topological polar surface area (TPSA) is 86.4 Å². The first-order valence-corrected chi connectivity index (χ1v) is 11.5. The van der Waals surface area contributed by atoms with Gasteiger partial charge in [-0.15, -0.1) is 0 Å². The van der Waals surface area contributed by atoms with Gasteiger partial charge in [0.05, 0.1) is 41.8 Å². The number of ether oxygens (including phenoxy) is 1. The molecule has 0 fully saturated rings. The van der Waals surface area contributed by atoms with Gasteiger partial charge in [0.1, 0.15) is 11.5 Å². The van der Waals surface area contributed by atoms with Gasteiger partial charge in [-0.3, -0.25) is 14.2 Å². The fourth-order valence-electron chi connectivity index (χ4n) is 3.35. The van der Waals surface area contributed by atoms with Crippen molar-refractivity contribution >= 4 is 40.2 Å². The van der Waals surface area contributed by atoms with Crippen LogP contribution in [0, 0.1) is 6.92 Å². The van der Waals surface area contributed by atoms with Crippen molar-refractivity contribution in [3.8, 4) is 11.4 Å². The number of carbonyl (C=O) groups excluding carboxylic acids is 1. The fraction of sp³-hybridized carbons (Fsp3) is 0.208. The Hall–Kier alpha value is -3.23.